The summed E-state index contributed by atoms with van der Waals surface area (Å²) < 4.78 is 0. The van der Waals surface area contributed by atoms with Crippen LogP contribution in [0.4, 0.5) is 0 Å². The van der Waals surface area contributed by atoms with Crippen LogP contribution in [-0.2, 0) is 13.0 Å². The summed E-state index contributed by atoms with van der Waals surface area (Å²) in [6, 6.07) is 6.43. The van der Waals surface area contributed by atoms with Gasteiger partial charge in [0.1, 0.15) is 0 Å². The fourth-order valence-electron chi connectivity index (χ4n) is 1.52. The maximum Gasteiger partial charge on any atom is 0.0186 e. The second-order valence-electron chi connectivity index (χ2n) is 3.53. The van der Waals surface area contributed by atoms with E-state index in [1.807, 2.05) is 0 Å². The molecular weight excluding hydrogens is 224 g/mol. The van der Waals surface area contributed by atoms with E-state index in [0.29, 0.717) is 6.54 Å². The van der Waals surface area contributed by atoms with E-state index in [-0.39, 0.29) is 0 Å². The van der Waals surface area contributed by atoms with Gasteiger partial charge in [-0.3, -0.25) is 0 Å². The Hall–Kier alpha value is -0.160. The lowest BCUT2D eigenvalue weighted by molar-refractivity contribution is 0.743. The van der Waals surface area contributed by atoms with Crippen LogP contribution < -0.4 is 11.5 Å². The first kappa shape index (κ1) is 12.9. The van der Waals surface area contributed by atoms with Gasteiger partial charge in [0.05, 0.1) is 0 Å². The zero-order valence-corrected chi connectivity index (χ0v) is 10.5. The quantitative estimate of drug-likeness (QED) is 0.408. The Morgan fingerprint density at radius 3 is 2.40 bits per heavy atom. The molecule has 0 aliphatic carbocycles. The maximum atomic E-state index is 5.64. The van der Waals surface area contributed by atoms with Crippen molar-refractivity contribution >= 4 is 22.5 Å². The van der Waals surface area contributed by atoms with E-state index < -0.39 is 0 Å². The molecule has 0 aliphatic heterocycles. The van der Waals surface area contributed by atoms with E-state index in [1.54, 1.807) is 0 Å². The molecule has 0 bridgehead atoms. The predicted molar refractivity (Wildman–Crippen MR) is 71.2 cm³/mol. The Morgan fingerprint density at radius 2 is 1.80 bits per heavy atom. The van der Waals surface area contributed by atoms with Crippen LogP contribution in [0.1, 0.15) is 24.0 Å². The van der Waals surface area contributed by atoms with Crippen LogP contribution in [0.15, 0.2) is 23.1 Å². The smallest absolute Gasteiger partial charge is 0.0186 e. The van der Waals surface area contributed by atoms with Gasteiger partial charge in [-0.05, 0) is 49.1 Å². The predicted octanol–water partition coefficient (Wildman–Crippen LogP) is 2.36. The summed E-state index contributed by atoms with van der Waals surface area (Å²) in [6.45, 7) is 1.36. The van der Waals surface area contributed by atoms with Gasteiger partial charge in [-0.1, -0.05) is 16.9 Å². The van der Waals surface area contributed by atoms with Gasteiger partial charge in [0.15, 0.2) is 0 Å². The summed E-state index contributed by atoms with van der Waals surface area (Å²) in [6.07, 6.45) is 3.30. The van der Waals surface area contributed by atoms with E-state index >= 15 is 0 Å². The number of unbranched alkanes of at least 4 members (excludes halogenated alkanes) is 1. The molecule has 0 aromatic heterocycles. The van der Waals surface area contributed by atoms with Gasteiger partial charge in [0, 0.05) is 11.4 Å². The average molecular weight is 242 g/mol. The Kier molecular flexibility index (Phi) is 6.17. The SMILES string of the molecule is NCCCCc1cc(CN)cc(SS)c1. The second kappa shape index (κ2) is 7.17. The summed E-state index contributed by atoms with van der Waals surface area (Å²) in [4.78, 5) is 1.17. The highest BCUT2D eigenvalue weighted by molar-refractivity contribution is 8.68. The maximum absolute atomic E-state index is 5.64. The Morgan fingerprint density at radius 1 is 1.07 bits per heavy atom. The lowest BCUT2D eigenvalue weighted by Gasteiger charge is -2.06. The molecule has 1 rings (SSSR count). The van der Waals surface area contributed by atoms with Gasteiger partial charge >= 0.3 is 0 Å². The summed E-state index contributed by atoms with van der Waals surface area (Å²) in [7, 11) is 1.47. The first-order valence-electron chi connectivity index (χ1n) is 5.14. The molecule has 4 N–H and O–H groups in total. The molecule has 1 aromatic carbocycles. The summed E-state index contributed by atoms with van der Waals surface area (Å²) in [5, 5.41) is 0. The molecule has 0 spiro atoms. The summed E-state index contributed by atoms with van der Waals surface area (Å²) >= 11 is 4.21. The number of aryl methyl sites for hydroxylation is 1. The highest BCUT2D eigenvalue weighted by Gasteiger charge is 2.00. The molecular formula is C11H18N2S2. The van der Waals surface area contributed by atoms with Crippen LogP contribution in [0.2, 0.25) is 0 Å². The van der Waals surface area contributed by atoms with Gasteiger partial charge in [0.2, 0.25) is 0 Å². The first-order chi connectivity index (χ1) is 7.30. The standard InChI is InChI=1S/C11H18N2S2/c12-4-2-1-3-9-5-10(8-13)7-11(6-9)15-14/h5-7,14H,1-4,8,12-13H2. The summed E-state index contributed by atoms with van der Waals surface area (Å²) in [5.74, 6) is 0. The first-order valence-corrected chi connectivity index (χ1v) is 7.01. The second-order valence-corrected chi connectivity index (χ2v) is 4.73. The van der Waals surface area contributed by atoms with Crippen molar-refractivity contribution < 1.29 is 0 Å². The fourth-order valence-corrected chi connectivity index (χ4v) is 2.24. The molecule has 0 unspecified atom stereocenters. The number of hydrogen-bond donors (Lipinski definition) is 3. The molecule has 0 amide bonds. The van der Waals surface area contributed by atoms with Gasteiger partial charge in [-0.15, -0.1) is 11.7 Å². The lowest BCUT2D eigenvalue weighted by Crippen LogP contribution is -2.00. The van der Waals surface area contributed by atoms with Crippen LogP contribution in [0.3, 0.4) is 0 Å². The van der Waals surface area contributed by atoms with E-state index in [9.17, 15) is 0 Å². The lowest BCUT2D eigenvalue weighted by atomic mass is 10.1. The van der Waals surface area contributed by atoms with Crippen molar-refractivity contribution in [1.82, 2.24) is 0 Å². The topological polar surface area (TPSA) is 52.0 Å². The largest absolute Gasteiger partial charge is 0.330 e. The third kappa shape index (κ3) is 4.47. The van der Waals surface area contributed by atoms with Crippen LogP contribution >= 0.6 is 22.5 Å². The molecule has 0 fully saturated rings. The molecule has 4 heteroatoms. The molecule has 0 saturated carbocycles. The monoisotopic (exact) mass is 242 g/mol. The Labute approximate surface area is 101 Å². The molecule has 0 atom stereocenters. The average Bonchev–Trinajstić information content (AvgIpc) is 2.29. The minimum atomic E-state index is 0.589. The molecule has 0 aliphatic rings. The number of rotatable bonds is 6. The Bertz CT molecular complexity index is 280. The molecule has 15 heavy (non-hydrogen) atoms. The molecule has 0 heterocycles. The number of thiol groups is 1. The molecule has 84 valence electrons. The zero-order valence-electron chi connectivity index (χ0n) is 8.78. The molecule has 0 saturated heterocycles. The van der Waals surface area contributed by atoms with E-state index in [2.05, 4.69) is 29.9 Å². The van der Waals surface area contributed by atoms with Crippen molar-refractivity contribution in [2.24, 2.45) is 11.5 Å². The Balaban J connectivity index is 2.68. The van der Waals surface area contributed by atoms with Crippen molar-refractivity contribution in [1.29, 1.82) is 0 Å². The van der Waals surface area contributed by atoms with E-state index in [4.69, 9.17) is 11.5 Å². The van der Waals surface area contributed by atoms with Crippen LogP contribution in [-0.4, -0.2) is 6.54 Å². The third-order valence-corrected chi connectivity index (χ3v) is 3.37. The van der Waals surface area contributed by atoms with Crippen molar-refractivity contribution in [3.8, 4) is 0 Å². The number of benzene rings is 1. The van der Waals surface area contributed by atoms with E-state index in [0.717, 1.165) is 25.8 Å². The van der Waals surface area contributed by atoms with Crippen LogP contribution in [0.25, 0.3) is 0 Å². The van der Waals surface area contributed by atoms with Gasteiger partial charge in [-0.25, -0.2) is 0 Å². The zero-order chi connectivity index (χ0) is 11.1. The van der Waals surface area contributed by atoms with E-state index in [1.165, 1.54) is 26.8 Å². The number of hydrogen-bond acceptors (Lipinski definition) is 4. The van der Waals surface area contributed by atoms with Crippen molar-refractivity contribution in [2.45, 2.75) is 30.7 Å². The normalized spacial score (nSPS) is 10.6. The summed E-state index contributed by atoms with van der Waals surface area (Å²) in [5.41, 5.74) is 13.6. The van der Waals surface area contributed by atoms with Gasteiger partial charge in [0.25, 0.3) is 0 Å². The molecule has 0 radical (unpaired) electrons. The van der Waals surface area contributed by atoms with Crippen molar-refractivity contribution in [3.05, 3.63) is 29.3 Å². The van der Waals surface area contributed by atoms with Crippen LogP contribution in [0.5, 0.6) is 0 Å². The number of nitrogens with two attached hydrogens (primary N) is 2. The minimum absolute atomic E-state index is 0.589. The highest BCUT2D eigenvalue weighted by atomic mass is 33.1. The van der Waals surface area contributed by atoms with Crippen molar-refractivity contribution in [2.75, 3.05) is 6.54 Å². The highest BCUT2D eigenvalue weighted by Crippen LogP contribution is 2.24. The fraction of sp³-hybridized carbons (Fsp3) is 0.455. The van der Waals surface area contributed by atoms with Gasteiger partial charge in [-0.2, -0.15) is 0 Å². The van der Waals surface area contributed by atoms with Gasteiger partial charge < -0.3 is 11.5 Å². The van der Waals surface area contributed by atoms with Crippen molar-refractivity contribution in [3.63, 3.8) is 0 Å². The molecule has 2 nitrogen and oxygen atoms in total. The minimum Gasteiger partial charge on any atom is -0.330 e. The molecule has 1 aromatic rings. The third-order valence-electron chi connectivity index (χ3n) is 2.29. The van der Waals surface area contributed by atoms with Crippen LogP contribution in [0, 0.1) is 0 Å².